The lowest BCUT2D eigenvalue weighted by Gasteiger charge is -2.13. The zero-order chi connectivity index (χ0) is 27.9. The van der Waals surface area contributed by atoms with Crippen LogP contribution >= 0.6 is 11.8 Å². The molecule has 1 aliphatic rings. The third-order valence-corrected chi connectivity index (χ3v) is 6.47. The maximum Gasteiger partial charge on any atom is 0.294 e. The quantitative estimate of drug-likeness (QED) is 0.367. The molecule has 0 aromatic heterocycles. The fourth-order valence-electron chi connectivity index (χ4n) is 3.60. The van der Waals surface area contributed by atoms with E-state index in [4.69, 9.17) is 9.47 Å². The minimum atomic E-state index is -0.619. The van der Waals surface area contributed by atoms with Crippen molar-refractivity contribution in [1.82, 2.24) is 4.90 Å². The summed E-state index contributed by atoms with van der Waals surface area (Å²) in [4.78, 5) is 50.8. The average Bonchev–Trinajstić information content (AvgIpc) is 3.17. The number of nitrogens with zero attached hydrogens (tertiary/aromatic N) is 1. The van der Waals surface area contributed by atoms with Crippen molar-refractivity contribution in [2.75, 3.05) is 30.9 Å². The molecule has 1 saturated heterocycles. The van der Waals surface area contributed by atoms with Crippen molar-refractivity contribution >= 4 is 52.2 Å². The number of hydrogen-bond acceptors (Lipinski definition) is 7. The number of rotatable bonds is 9. The second-order valence-corrected chi connectivity index (χ2v) is 9.38. The fourth-order valence-corrected chi connectivity index (χ4v) is 4.44. The number of aryl methyl sites for hydroxylation is 1. The first kappa shape index (κ1) is 27.4. The van der Waals surface area contributed by atoms with E-state index in [1.165, 1.54) is 37.5 Å². The van der Waals surface area contributed by atoms with Gasteiger partial charge in [-0.15, -0.1) is 0 Å². The molecule has 11 heteroatoms. The Morgan fingerprint density at radius 3 is 2.44 bits per heavy atom. The van der Waals surface area contributed by atoms with Crippen LogP contribution in [0.25, 0.3) is 6.08 Å². The lowest BCUT2D eigenvalue weighted by atomic mass is 10.2. The summed E-state index contributed by atoms with van der Waals surface area (Å²) in [6.07, 6.45) is 1.50. The van der Waals surface area contributed by atoms with Crippen LogP contribution in [0.2, 0.25) is 0 Å². The summed E-state index contributed by atoms with van der Waals surface area (Å²) in [5.41, 5.74) is 2.50. The Morgan fingerprint density at radius 2 is 1.72 bits per heavy atom. The molecule has 0 saturated carbocycles. The molecule has 0 bridgehead atoms. The van der Waals surface area contributed by atoms with Gasteiger partial charge in [0.2, 0.25) is 5.91 Å². The minimum absolute atomic E-state index is 0.128. The Hall–Kier alpha value is -4.64. The highest BCUT2D eigenvalue weighted by Crippen LogP contribution is 2.34. The highest BCUT2D eigenvalue weighted by Gasteiger charge is 2.36. The molecule has 1 fully saturated rings. The third kappa shape index (κ3) is 7.02. The van der Waals surface area contributed by atoms with E-state index < -0.39 is 29.4 Å². The minimum Gasteiger partial charge on any atom is -0.493 e. The standard InChI is InChI=1S/C28H24FN3O6S/c1-17-5-3-4-6-21(17)31-26(34)16-38-22-12-7-18(13-23(22)37-2)14-24-27(35)32(28(36)39-24)15-25(33)30-20-10-8-19(29)9-11-20/h3-14H,15-16H2,1-2H3,(H,30,33)(H,31,34)/b24-14-. The SMILES string of the molecule is COc1cc(/C=C2\SC(=O)N(CC(=O)Nc3ccc(F)cc3)C2=O)ccc1OCC(=O)Nc1ccccc1C. The molecule has 0 spiro atoms. The van der Waals surface area contributed by atoms with Gasteiger partial charge in [0.05, 0.1) is 12.0 Å². The van der Waals surface area contributed by atoms with E-state index in [-0.39, 0.29) is 17.4 Å². The van der Waals surface area contributed by atoms with Crippen molar-refractivity contribution in [3.8, 4) is 11.5 Å². The number of benzene rings is 3. The molecular weight excluding hydrogens is 525 g/mol. The number of carbonyl (C=O) groups excluding carboxylic acids is 4. The summed E-state index contributed by atoms with van der Waals surface area (Å²) in [6, 6.07) is 17.3. The second kappa shape index (κ2) is 12.3. The van der Waals surface area contributed by atoms with Gasteiger partial charge in [-0.2, -0.15) is 0 Å². The number of anilines is 2. The van der Waals surface area contributed by atoms with Gasteiger partial charge in [-0.05, 0) is 78.4 Å². The Kier molecular flexibility index (Phi) is 8.62. The van der Waals surface area contributed by atoms with E-state index in [9.17, 15) is 23.6 Å². The van der Waals surface area contributed by atoms with E-state index >= 15 is 0 Å². The molecule has 0 aliphatic carbocycles. The van der Waals surface area contributed by atoms with Gasteiger partial charge < -0.3 is 20.1 Å². The molecule has 200 valence electrons. The van der Waals surface area contributed by atoms with Crippen LogP contribution in [-0.4, -0.2) is 48.1 Å². The van der Waals surface area contributed by atoms with Crippen LogP contribution in [0.1, 0.15) is 11.1 Å². The smallest absolute Gasteiger partial charge is 0.294 e. The predicted molar refractivity (Wildman–Crippen MR) is 146 cm³/mol. The number of amides is 4. The Balaban J connectivity index is 1.38. The van der Waals surface area contributed by atoms with Crippen LogP contribution in [-0.2, 0) is 14.4 Å². The van der Waals surface area contributed by atoms with Crippen LogP contribution in [0, 0.1) is 12.7 Å². The number of halogens is 1. The summed E-state index contributed by atoms with van der Waals surface area (Å²) in [5.74, 6) is -1.37. The molecule has 0 unspecified atom stereocenters. The van der Waals surface area contributed by atoms with Gasteiger partial charge in [-0.3, -0.25) is 24.1 Å². The first-order valence-electron chi connectivity index (χ1n) is 11.7. The maximum absolute atomic E-state index is 13.1. The number of para-hydroxylation sites is 1. The van der Waals surface area contributed by atoms with Gasteiger partial charge in [-0.1, -0.05) is 24.3 Å². The molecule has 4 rings (SSSR count). The molecule has 2 N–H and O–H groups in total. The summed E-state index contributed by atoms with van der Waals surface area (Å²) < 4.78 is 24.0. The number of nitrogens with one attached hydrogen (secondary N) is 2. The molecule has 3 aromatic carbocycles. The Labute approximate surface area is 228 Å². The van der Waals surface area contributed by atoms with Crippen molar-refractivity contribution in [2.24, 2.45) is 0 Å². The number of hydrogen-bond donors (Lipinski definition) is 2. The first-order valence-corrected chi connectivity index (χ1v) is 12.5. The first-order chi connectivity index (χ1) is 18.7. The molecule has 1 heterocycles. The number of methoxy groups -OCH3 is 1. The van der Waals surface area contributed by atoms with Crippen LogP contribution in [0.4, 0.5) is 20.6 Å². The molecule has 0 radical (unpaired) electrons. The topological polar surface area (TPSA) is 114 Å². The Morgan fingerprint density at radius 1 is 0.974 bits per heavy atom. The largest absolute Gasteiger partial charge is 0.493 e. The monoisotopic (exact) mass is 549 g/mol. The number of ether oxygens (including phenoxy) is 2. The van der Waals surface area contributed by atoms with E-state index in [0.29, 0.717) is 40.2 Å². The zero-order valence-corrected chi connectivity index (χ0v) is 21.8. The summed E-state index contributed by atoms with van der Waals surface area (Å²) in [7, 11) is 1.44. The van der Waals surface area contributed by atoms with Crippen molar-refractivity contribution in [1.29, 1.82) is 0 Å². The van der Waals surface area contributed by atoms with Gasteiger partial charge in [0.15, 0.2) is 18.1 Å². The normalized spacial score (nSPS) is 13.9. The maximum atomic E-state index is 13.1. The van der Waals surface area contributed by atoms with Gasteiger partial charge in [-0.25, -0.2) is 4.39 Å². The predicted octanol–water partition coefficient (Wildman–Crippen LogP) is 4.84. The van der Waals surface area contributed by atoms with Gasteiger partial charge in [0.25, 0.3) is 17.1 Å². The lowest BCUT2D eigenvalue weighted by Crippen LogP contribution is -2.36. The average molecular weight is 550 g/mol. The highest BCUT2D eigenvalue weighted by molar-refractivity contribution is 8.18. The van der Waals surface area contributed by atoms with E-state index in [0.717, 1.165) is 10.5 Å². The molecule has 39 heavy (non-hydrogen) atoms. The molecule has 4 amide bonds. The highest BCUT2D eigenvalue weighted by atomic mass is 32.2. The van der Waals surface area contributed by atoms with Crippen molar-refractivity contribution in [2.45, 2.75) is 6.92 Å². The Bertz CT molecular complexity index is 1460. The van der Waals surface area contributed by atoms with Crippen LogP contribution < -0.4 is 20.1 Å². The van der Waals surface area contributed by atoms with E-state index in [2.05, 4.69) is 10.6 Å². The fraction of sp³-hybridized carbons (Fsp3) is 0.143. The van der Waals surface area contributed by atoms with Gasteiger partial charge in [0, 0.05) is 11.4 Å². The van der Waals surface area contributed by atoms with Crippen LogP contribution in [0.15, 0.2) is 71.6 Å². The van der Waals surface area contributed by atoms with Crippen molar-refractivity contribution < 1.29 is 33.0 Å². The summed E-state index contributed by atoms with van der Waals surface area (Å²) in [5, 5.41) is 4.71. The summed E-state index contributed by atoms with van der Waals surface area (Å²) >= 11 is 0.705. The van der Waals surface area contributed by atoms with Crippen LogP contribution in [0.5, 0.6) is 11.5 Å². The zero-order valence-electron chi connectivity index (χ0n) is 21.0. The number of imide groups is 1. The van der Waals surface area contributed by atoms with Crippen LogP contribution in [0.3, 0.4) is 0 Å². The lowest BCUT2D eigenvalue weighted by molar-refractivity contribution is -0.127. The van der Waals surface area contributed by atoms with Gasteiger partial charge in [0.1, 0.15) is 12.4 Å². The molecule has 0 atom stereocenters. The molecular formula is C28H24FN3O6S. The number of thioether (sulfide) groups is 1. The van der Waals surface area contributed by atoms with Gasteiger partial charge >= 0.3 is 0 Å². The van der Waals surface area contributed by atoms with Crippen molar-refractivity contribution in [3.05, 3.63) is 88.6 Å². The third-order valence-electron chi connectivity index (χ3n) is 5.57. The molecule has 3 aromatic rings. The van der Waals surface area contributed by atoms with E-state index in [1.54, 1.807) is 24.3 Å². The molecule has 1 aliphatic heterocycles. The summed E-state index contributed by atoms with van der Waals surface area (Å²) in [6.45, 7) is 1.15. The van der Waals surface area contributed by atoms with E-state index in [1.807, 2.05) is 25.1 Å². The molecule has 9 nitrogen and oxygen atoms in total. The number of carbonyl (C=O) groups is 4. The van der Waals surface area contributed by atoms with Crippen molar-refractivity contribution in [3.63, 3.8) is 0 Å². The second-order valence-electron chi connectivity index (χ2n) is 8.38.